The summed E-state index contributed by atoms with van der Waals surface area (Å²) in [5, 5.41) is 14.8. The third-order valence-electron chi connectivity index (χ3n) is 7.49. The molecule has 4 unspecified atom stereocenters. The lowest BCUT2D eigenvalue weighted by Gasteiger charge is -2.48. The zero-order chi connectivity index (χ0) is 26.8. The number of aromatic nitrogens is 4. The number of hydrogen-bond donors (Lipinski definition) is 3. The molecule has 5 heterocycles. The van der Waals surface area contributed by atoms with Gasteiger partial charge >= 0.3 is 11.9 Å². The lowest BCUT2D eigenvalue weighted by molar-refractivity contribution is -0.158. The highest BCUT2D eigenvalue weighted by atomic mass is 16.5. The number of aryl methyl sites for hydroxylation is 1. The SMILES string of the molecule is CCC1CC(Nc2nc(Nc3cc(C)[nH]n3)cc3ncc(C(=O)OC)cc23)CC(C)N1C1CCCOC1=O. The van der Waals surface area contributed by atoms with E-state index in [2.05, 4.69) is 44.6 Å². The van der Waals surface area contributed by atoms with Crippen molar-refractivity contribution in [1.82, 2.24) is 25.1 Å². The lowest BCUT2D eigenvalue weighted by Crippen LogP contribution is -2.58. The van der Waals surface area contributed by atoms with Crippen LogP contribution in [-0.2, 0) is 14.3 Å². The Morgan fingerprint density at radius 2 is 2.11 bits per heavy atom. The molecular weight excluding hydrogens is 486 g/mol. The van der Waals surface area contributed by atoms with Crippen molar-refractivity contribution in [3.63, 3.8) is 0 Å². The predicted molar refractivity (Wildman–Crippen MR) is 143 cm³/mol. The molecule has 0 saturated carbocycles. The first-order valence-corrected chi connectivity index (χ1v) is 13.2. The van der Waals surface area contributed by atoms with Crippen LogP contribution in [0.15, 0.2) is 24.4 Å². The van der Waals surface area contributed by atoms with Gasteiger partial charge in [-0.25, -0.2) is 9.78 Å². The average Bonchev–Trinajstić information content (AvgIpc) is 3.32. The fraction of sp³-hybridized carbons (Fsp3) is 0.519. The van der Waals surface area contributed by atoms with Gasteiger partial charge in [0.25, 0.3) is 0 Å². The summed E-state index contributed by atoms with van der Waals surface area (Å²) in [5.74, 6) is 1.32. The summed E-state index contributed by atoms with van der Waals surface area (Å²) in [6, 6.07) is 5.85. The van der Waals surface area contributed by atoms with Crippen molar-refractivity contribution in [2.45, 2.75) is 77.0 Å². The highest BCUT2D eigenvalue weighted by Crippen LogP contribution is 2.34. The molecule has 0 aromatic carbocycles. The number of methoxy groups -OCH3 is 1. The smallest absolute Gasteiger partial charge is 0.339 e. The van der Waals surface area contributed by atoms with Crippen molar-refractivity contribution in [3.8, 4) is 0 Å². The first-order valence-electron chi connectivity index (χ1n) is 13.2. The van der Waals surface area contributed by atoms with E-state index in [-0.39, 0.29) is 30.1 Å². The topological polar surface area (TPSA) is 134 Å². The van der Waals surface area contributed by atoms with Crippen LogP contribution in [0.2, 0.25) is 0 Å². The number of nitrogens with zero attached hydrogens (tertiary/aromatic N) is 4. The van der Waals surface area contributed by atoms with Gasteiger partial charge in [0.2, 0.25) is 0 Å². The highest BCUT2D eigenvalue weighted by molar-refractivity contribution is 5.98. The number of rotatable bonds is 7. The van der Waals surface area contributed by atoms with E-state index in [0.29, 0.717) is 35.1 Å². The average molecular weight is 522 g/mol. The number of piperidine rings is 1. The van der Waals surface area contributed by atoms with E-state index in [4.69, 9.17) is 14.5 Å². The lowest BCUT2D eigenvalue weighted by atomic mass is 9.87. The molecule has 0 aliphatic carbocycles. The van der Waals surface area contributed by atoms with E-state index < -0.39 is 5.97 Å². The molecule has 2 saturated heterocycles. The van der Waals surface area contributed by atoms with Gasteiger partial charge in [-0.3, -0.25) is 19.8 Å². The van der Waals surface area contributed by atoms with Crippen LogP contribution in [0.25, 0.3) is 10.9 Å². The van der Waals surface area contributed by atoms with E-state index in [0.717, 1.165) is 43.2 Å². The van der Waals surface area contributed by atoms with Crippen LogP contribution in [0.4, 0.5) is 17.5 Å². The molecule has 2 aliphatic heterocycles. The summed E-state index contributed by atoms with van der Waals surface area (Å²) in [6.45, 7) is 6.79. The van der Waals surface area contributed by atoms with Gasteiger partial charge in [-0.1, -0.05) is 6.92 Å². The monoisotopic (exact) mass is 521 g/mol. The van der Waals surface area contributed by atoms with Crippen LogP contribution in [-0.4, -0.2) is 74.9 Å². The molecule has 11 heteroatoms. The summed E-state index contributed by atoms with van der Waals surface area (Å²) in [5.41, 5.74) is 1.98. The summed E-state index contributed by atoms with van der Waals surface area (Å²) >= 11 is 0. The van der Waals surface area contributed by atoms with Gasteiger partial charge in [-0.05, 0) is 52.0 Å². The molecule has 3 N–H and O–H groups in total. The van der Waals surface area contributed by atoms with Crippen molar-refractivity contribution in [2.24, 2.45) is 0 Å². The van der Waals surface area contributed by atoms with Gasteiger partial charge in [0.1, 0.15) is 17.7 Å². The highest BCUT2D eigenvalue weighted by Gasteiger charge is 2.41. The molecule has 202 valence electrons. The van der Waals surface area contributed by atoms with E-state index in [1.807, 2.05) is 19.1 Å². The van der Waals surface area contributed by atoms with Crippen LogP contribution in [0, 0.1) is 6.92 Å². The molecule has 0 spiro atoms. The number of ether oxygens (including phenoxy) is 2. The quantitative estimate of drug-likeness (QED) is 0.392. The normalized spacial score (nSPS) is 24.2. The van der Waals surface area contributed by atoms with Gasteiger partial charge in [-0.2, -0.15) is 5.10 Å². The van der Waals surface area contributed by atoms with Crippen LogP contribution in [0.3, 0.4) is 0 Å². The second-order valence-electron chi connectivity index (χ2n) is 10.2. The Kier molecular flexibility index (Phi) is 7.46. The van der Waals surface area contributed by atoms with Gasteiger partial charge in [0.05, 0.1) is 24.8 Å². The number of likely N-dealkylation sites (tertiary alicyclic amines) is 1. The number of carbonyl (C=O) groups is 2. The maximum absolute atomic E-state index is 12.6. The van der Waals surface area contributed by atoms with E-state index in [9.17, 15) is 9.59 Å². The number of pyridine rings is 2. The minimum atomic E-state index is -0.452. The molecule has 0 radical (unpaired) electrons. The van der Waals surface area contributed by atoms with Gasteiger partial charge in [0, 0.05) is 47.5 Å². The zero-order valence-electron chi connectivity index (χ0n) is 22.3. The third kappa shape index (κ3) is 5.28. The van der Waals surface area contributed by atoms with Gasteiger partial charge < -0.3 is 20.1 Å². The fourth-order valence-corrected chi connectivity index (χ4v) is 5.76. The minimum absolute atomic E-state index is 0.102. The van der Waals surface area contributed by atoms with Crippen LogP contribution < -0.4 is 10.6 Å². The Morgan fingerprint density at radius 1 is 1.26 bits per heavy atom. The number of fused-ring (bicyclic) bond motifs is 1. The second-order valence-corrected chi connectivity index (χ2v) is 10.2. The van der Waals surface area contributed by atoms with Crippen LogP contribution >= 0.6 is 0 Å². The first kappa shape index (κ1) is 25.9. The number of esters is 2. The Morgan fingerprint density at radius 3 is 2.82 bits per heavy atom. The van der Waals surface area contributed by atoms with Crippen LogP contribution in [0.5, 0.6) is 0 Å². The van der Waals surface area contributed by atoms with Crippen molar-refractivity contribution >= 4 is 40.3 Å². The fourth-order valence-electron chi connectivity index (χ4n) is 5.76. The Balaban J connectivity index is 1.45. The number of cyclic esters (lactones) is 1. The van der Waals surface area contributed by atoms with E-state index >= 15 is 0 Å². The van der Waals surface area contributed by atoms with E-state index in [1.165, 1.54) is 13.3 Å². The second kappa shape index (κ2) is 10.9. The standard InChI is InChI=1S/C27H35N7O4/c1-5-19-12-18(10-16(3)34(19)22-7-6-8-38-27(22)36)29-25-20-11-17(26(35)37-4)14-28-21(20)13-23(31-25)30-24-9-15(2)32-33-24/h9,11,13-14,16,18-19,22H,5-8,10,12H2,1-4H3,(H3,29,30,31,32,33). The third-order valence-corrected chi connectivity index (χ3v) is 7.49. The molecule has 3 aromatic rings. The summed E-state index contributed by atoms with van der Waals surface area (Å²) in [7, 11) is 1.35. The maximum Gasteiger partial charge on any atom is 0.339 e. The molecule has 2 fully saturated rings. The van der Waals surface area contributed by atoms with E-state index in [1.54, 1.807) is 6.07 Å². The molecule has 11 nitrogen and oxygen atoms in total. The zero-order valence-corrected chi connectivity index (χ0v) is 22.3. The van der Waals surface area contributed by atoms with Gasteiger partial charge in [-0.15, -0.1) is 0 Å². The molecule has 2 aliphatic rings. The predicted octanol–water partition coefficient (Wildman–Crippen LogP) is 3.94. The number of anilines is 3. The summed E-state index contributed by atoms with van der Waals surface area (Å²) in [4.78, 5) is 36.6. The minimum Gasteiger partial charge on any atom is -0.465 e. The van der Waals surface area contributed by atoms with Crippen molar-refractivity contribution in [3.05, 3.63) is 35.7 Å². The number of aromatic amines is 1. The first-order chi connectivity index (χ1) is 18.4. The summed E-state index contributed by atoms with van der Waals surface area (Å²) in [6.07, 6.45) is 5.87. The number of hydrogen-bond acceptors (Lipinski definition) is 10. The molecule has 0 amide bonds. The molecule has 3 aromatic heterocycles. The van der Waals surface area contributed by atoms with Crippen LogP contribution in [0.1, 0.15) is 62.0 Å². The van der Waals surface area contributed by atoms with Gasteiger partial charge in [0.15, 0.2) is 5.82 Å². The Labute approximate surface area is 221 Å². The van der Waals surface area contributed by atoms with Crippen molar-refractivity contribution < 1.29 is 19.1 Å². The molecule has 4 atom stereocenters. The largest absolute Gasteiger partial charge is 0.465 e. The molecular formula is C27H35N7O4. The molecule has 38 heavy (non-hydrogen) atoms. The number of nitrogens with one attached hydrogen (secondary N) is 3. The van der Waals surface area contributed by atoms with Crippen molar-refractivity contribution in [1.29, 1.82) is 0 Å². The molecule has 0 bridgehead atoms. The Hall–Kier alpha value is -3.73. The maximum atomic E-state index is 12.6. The Bertz CT molecular complexity index is 1330. The number of H-pyrrole nitrogens is 1. The summed E-state index contributed by atoms with van der Waals surface area (Å²) < 4.78 is 10.3. The molecule has 5 rings (SSSR count). The van der Waals surface area contributed by atoms with Crippen molar-refractivity contribution in [2.75, 3.05) is 24.4 Å². The number of carbonyl (C=O) groups excluding carboxylic acids is 2.